The maximum Gasteiger partial charge on any atom is 0.311 e. The maximum absolute atomic E-state index is 11.2. The van der Waals surface area contributed by atoms with Crippen molar-refractivity contribution in [3.63, 3.8) is 0 Å². The summed E-state index contributed by atoms with van der Waals surface area (Å²) < 4.78 is 10.3. The lowest BCUT2D eigenvalue weighted by Gasteiger charge is -2.13. The topological polar surface area (TPSA) is 78.7 Å². The molecule has 98 valence electrons. The normalized spacial score (nSPS) is 11.9. The van der Waals surface area contributed by atoms with Crippen molar-refractivity contribution < 1.29 is 19.2 Å². The first-order valence-corrected chi connectivity index (χ1v) is 5.40. The monoisotopic (exact) mass is 253 g/mol. The van der Waals surface area contributed by atoms with Gasteiger partial charge >= 0.3 is 5.69 Å². The summed E-state index contributed by atoms with van der Waals surface area (Å²) in [5, 5.41) is 10.9. The smallest absolute Gasteiger partial charge is 0.311 e. The number of methoxy groups -OCH3 is 1. The summed E-state index contributed by atoms with van der Waals surface area (Å²) in [6.45, 7) is 3.42. The molecule has 1 atom stereocenters. The minimum absolute atomic E-state index is 0.134. The third-order valence-electron chi connectivity index (χ3n) is 2.29. The largest absolute Gasteiger partial charge is 0.481 e. The van der Waals surface area contributed by atoms with Crippen LogP contribution in [0.25, 0.3) is 0 Å². The minimum atomic E-state index is -0.568. The van der Waals surface area contributed by atoms with Crippen LogP contribution in [0.1, 0.15) is 24.2 Å². The first kappa shape index (κ1) is 14.1. The second-order valence-corrected chi connectivity index (χ2v) is 3.88. The summed E-state index contributed by atoms with van der Waals surface area (Å²) in [6, 6.07) is 4.16. The molecule has 0 aliphatic heterocycles. The zero-order valence-electron chi connectivity index (χ0n) is 10.5. The molecule has 0 fully saturated rings. The Labute approximate surface area is 105 Å². The van der Waals surface area contributed by atoms with Crippen LogP contribution >= 0.6 is 0 Å². The third kappa shape index (κ3) is 3.53. The van der Waals surface area contributed by atoms with Crippen molar-refractivity contribution >= 4 is 11.5 Å². The van der Waals surface area contributed by atoms with Crippen LogP contribution in [0.2, 0.25) is 0 Å². The Morgan fingerprint density at radius 3 is 2.67 bits per heavy atom. The molecule has 6 heteroatoms. The Morgan fingerprint density at radius 2 is 2.17 bits per heavy atom. The van der Waals surface area contributed by atoms with Crippen molar-refractivity contribution in [2.24, 2.45) is 0 Å². The minimum Gasteiger partial charge on any atom is -0.481 e. The van der Waals surface area contributed by atoms with Gasteiger partial charge in [-0.2, -0.15) is 0 Å². The van der Waals surface area contributed by atoms with Crippen molar-refractivity contribution in [3.8, 4) is 5.75 Å². The molecular weight excluding hydrogens is 238 g/mol. The van der Waals surface area contributed by atoms with Crippen LogP contribution in [0, 0.1) is 10.1 Å². The molecule has 0 heterocycles. The molecule has 1 aromatic carbocycles. The molecule has 0 spiro atoms. The second-order valence-electron chi connectivity index (χ2n) is 3.88. The molecule has 1 unspecified atom stereocenters. The number of nitro groups is 1. The van der Waals surface area contributed by atoms with E-state index in [0.29, 0.717) is 6.61 Å². The molecule has 0 N–H and O–H groups in total. The highest BCUT2D eigenvalue weighted by Crippen LogP contribution is 2.29. The zero-order chi connectivity index (χ0) is 13.7. The average molecular weight is 253 g/mol. The molecule has 0 amide bonds. The predicted octanol–water partition coefficient (Wildman–Crippen LogP) is 2.21. The molecule has 0 aliphatic carbocycles. The van der Waals surface area contributed by atoms with Gasteiger partial charge in [0.25, 0.3) is 0 Å². The Bertz CT molecular complexity index is 458. The van der Waals surface area contributed by atoms with Crippen LogP contribution in [-0.4, -0.2) is 30.5 Å². The highest BCUT2D eigenvalue weighted by Gasteiger charge is 2.19. The van der Waals surface area contributed by atoms with Gasteiger partial charge < -0.3 is 9.47 Å². The molecule has 6 nitrogen and oxygen atoms in total. The van der Waals surface area contributed by atoms with Crippen LogP contribution in [-0.2, 0) is 4.74 Å². The molecule has 0 bridgehead atoms. The fourth-order valence-electron chi connectivity index (χ4n) is 1.46. The number of nitrogens with zero attached hydrogens (tertiary/aromatic N) is 1. The number of benzene rings is 1. The number of carbonyl (C=O) groups is 1. The van der Waals surface area contributed by atoms with Crippen LogP contribution in [0.5, 0.6) is 5.75 Å². The average Bonchev–Trinajstić information content (AvgIpc) is 2.29. The standard InChI is InChI=1S/C12H15NO5/c1-8(7-17-3)18-12-5-4-10(9(2)14)6-11(12)13(15)16/h4-6,8H,7H2,1-3H3. The van der Waals surface area contributed by atoms with Crippen LogP contribution in [0.15, 0.2) is 18.2 Å². The number of carbonyl (C=O) groups excluding carboxylic acids is 1. The summed E-state index contributed by atoms with van der Waals surface area (Å²) >= 11 is 0. The van der Waals surface area contributed by atoms with Gasteiger partial charge in [-0.3, -0.25) is 14.9 Å². The van der Waals surface area contributed by atoms with Crippen molar-refractivity contribution in [1.29, 1.82) is 0 Å². The van der Waals surface area contributed by atoms with Crippen LogP contribution in [0.4, 0.5) is 5.69 Å². The zero-order valence-corrected chi connectivity index (χ0v) is 10.5. The van der Waals surface area contributed by atoms with E-state index in [1.165, 1.54) is 32.2 Å². The van der Waals surface area contributed by atoms with Gasteiger partial charge in [-0.1, -0.05) is 0 Å². The van der Waals surface area contributed by atoms with Crippen LogP contribution < -0.4 is 4.74 Å². The number of ether oxygens (including phenoxy) is 2. The van der Waals surface area contributed by atoms with E-state index in [-0.39, 0.29) is 28.9 Å². The van der Waals surface area contributed by atoms with Crippen molar-refractivity contribution in [1.82, 2.24) is 0 Å². The lowest BCUT2D eigenvalue weighted by molar-refractivity contribution is -0.386. The molecule has 18 heavy (non-hydrogen) atoms. The third-order valence-corrected chi connectivity index (χ3v) is 2.29. The van der Waals surface area contributed by atoms with E-state index in [1.807, 2.05) is 0 Å². The first-order chi connectivity index (χ1) is 8.45. The Kier molecular flexibility index (Phi) is 4.79. The molecule has 0 saturated carbocycles. The van der Waals surface area contributed by atoms with Gasteiger partial charge in [-0.05, 0) is 26.0 Å². The SMILES string of the molecule is COCC(C)Oc1ccc(C(C)=O)cc1[N+](=O)[O-]. The van der Waals surface area contributed by atoms with E-state index in [0.717, 1.165) is 0 Å². The molecule has 0 radical (unpaired) electrons. The van der Waals surface area contributed by atoms with Gasteiger partial charge in [0.2, 0.25) is 0 Å². The number of hydrogen-bond acceptors (Lipinski definition) is 5. The Morgan fingerprint density at radius 1 is 1.50 bits per heavy atom. The number of hydrogen-bond donors (Lipinski definition) is 0. The molecule has 0 aliphatic rings. The lowest BCUT2D eigenvalue weighted by atomic mass is 10.1. The van der Waals surface area contributed by atoms with Gasteiger partial charge in [-0.25, -0.2) is 0 Å². The van der Waals surface area contributed by atoms with E-state index in [4.69, 9.17) is 9.47 Å². The number of nitro benzene ring substituents is 1. The van der Waals surface area contributed by atoms with Gasteiger partial charge in [0.1, 0.15) is 6.10 Å². The number of Topliss-reactive ketones (excluding diaryl/α,β-unsaturated/α-hetero) is 1. The van der Waals surface area contributed by atoms with E-state index in [9.17, 15) is 14.9 Å². The van der Waals surface area contributed by atoms with Crippen molar-refractivity contribution in [2.75, 3.05) is 13.7 Å². The Balaban J connectivity index is 3.04. The molecule has 0 aromatic heterocycles. The van der Waals surface area contributed by atoms with Gasteiger partial charge in [0, 0.05) is 18.7 Å². The fraction of sp³-hybridized carbons (Fsp3) is 0.417. The lowest BCUT2D eigenvalue weighted by Crippen LogP contribution is -2.18. The summed E-state index contributed by atoms with van der Waals surface area (Å²) in [4.78, 5) is 21.5. The van der Waals surface area contributed by atoms with Crippen LogP contribution in [0.3, 0.4) is 0 Å². The molecular formula is C12H15NO5. The molecule has 1 rings (SSSR count). The van der Waals surface area contributed by atoms with Gasteiger partial charge in [0.15, 0.2) is 11.5 Å². The summed E-state index contributed by atoms with van der Waals surface area (Å²) in [6.07, 6.45) is -0.308. The molecule has 0 saturated heterocycles. The summed E-state index contributed by atoms with van der Waals surface area (Å²) in [7, 11) is 1.52. The van der Waals surface area contributed by atoms with Crippen molar-refractivity contribution in [2.45, 2.75) is 20.0 Å². The van der Waals surface area contributed by atoms with Crippen molar-refractivity contribution in [3.05, 3.63) is 33.9 Å². The fourth-order valence-corrected chi connectivity index (χ4v) is 1.46. The van der Waals surface area contributed by atoms with E-state index < -0.39 is 4.92 Å². The number of rotatable bonds is 6. The summed E-state index contributed by atoms with van der Waals surface area (Å²) in [5.74, 6) is -0.0934. The van der Waals surface area contributed by atoms with E-state index in [1.54, 1.807) is 6.92 Å². The highest BCUT2D eigenvalue weighted by atomic mass is 16.6. The predicted molar refractivity (Wildman–Crippen MR) is 65.1 cm³/mol. The second kappa shape index (κ2) is 6.11. The van der Waals surface area contributed by atoms with E-state index in [2.05, 4.69) is 0 Å². The quantitative estimate of drug-likeness (QED) is 0.441. The summed E-state index contributed by atoms with van der Waals surface area (Å²) in [5.41, 5.74) is 0.0686. The number of ketones is 1. The highest BCUT2D eigenvalue weighted by molar-refractivity contribution is 5.95. The Hall–Kier alpha value is -1.95. The first-order valence-electron chi connectivity index (χ1n) is 5.40. The molecule has 1 aromatic rings. The van der Waals surface area contributed by atoms with Gasteiger partial charge in [0.05, 0.1) is 11.5 Å². The maximum atomic E-state index is 11.2. The van der Waals surface area contributed by atoms with Gasteiger partial charge in [-0.15, -0.1) is 0 Å². The van der Waals surface area contributed by atoms with E-state index >= 15 is 0 Å².